The monoisotopic (exact) mass is 376 g/mol. The third-order valence-electron chi connectivity index (χ3n) is 5.48. The van der Waals surface area contributed by atoms with Crippen LogP contribution in [-0.2, 0) is 17.0 Å². The molecule has 2 aromatic carbocycles. The Kier molecular flexibility index (Phi) is 5.50. The maximum Gasteiger partial charge on any atom is 0.233 e. The van der Waals surface area contributed by atoms with E-state index >= 15 is 0 Å². The van der Waals surface area contributed by atoms with Crippen molar-refractivity contribution >= 4 is 17.7 Å². The third kappa shape index (κ3) is 4.20. The van der Waals surface area contributed by atoms with Gasteiger partial charge in [0.2, 0.25) is 5.91 Å². The largest absolute Gasteiger partial charge is 0.332 e. The minimum atomic E-state index is 0.255. The first-order valence-corrected chi connectivity index (χ1v) is 10.9. The van der Waals surface area contributed by atoms with E-state index in [-0.39, 0.29) is 11.9 Å². The molecule has 4 heteroatoms. The molecule has 0 N–H and O–H groups in total. The Morgan fingerprint density at radius 3 is 2.63 bits per heavy atom. The predicted octanol–water partition coefficient (Wildman–Crippen LogP) is 4.86. The van der Waals surface area contributed by atoms with Crippen molar-refractivity contribution in [3.8, 4) is 6.07 Å². The third-order valence-corrected chi connectivity index (χ3v) is 6.47. The van der Waals surface area contributed by atoms with Crippen molar-refractivity contribution in [2.75, 3.05) is 5.75 Å². The van der Waals surface area contributed by atoms with Gasteiger partial charge in [0.25, 0.3) is 0 Å². The van der Waals surface area contributed by atoms with Gasteiger partial charge in [-0.25, -0.2) is 0 Å². The molecule has 2 aliphatic rings. The average molecular weight is 377 g/mol. The SMILES string of the molecule is N#Cc1ccc(CSCC(=O)N(C2CC2)C2CCCc3ccccc32)cc1. The molecule has 27 heavy (non-hydrogen) atoms. The molecule has 0 bridgehead atoms. The minimum absolute atomic E-state index is 0.255. The van der Waals surface area contributed by atoms with Gasteiger partial charge < -0.3 is 4.90 Å². The molecule has 1 saturated carbocycles. The second kappa shape index (κ2) is 8.19. The molecular weight excluding hydrogens is 352 g/mol. The van der Waals surface area contributed by atoms with Crippen molar-refractivity contribution in [2.45, 2.75) is 49.9 Å². The summed E-state index contributed by atoms with van der Waals surface area (Å²) in [5.74, 6) is 1.60. The Hall–Kier alpha value is -2.25. The van der Waals surface area contributed by atoms with E-state index in [1.165, 1.54) is 11.1 Å². The van der Waals surface area contributed by atoms with Gasteiger partial charge in [0.15, 0.2) is 0 Å². The molecule has 0 radical (unpaired) electrons. The first-order chi connectivity index (χ1) is 13.3. The Bertz CT molecular complexity index is 851. The summed E-state index contributed by atoms with van der Waals surface area (Å²) < 4.78 is 0. The predicted molar refractivity (Wildman–Crippen MR) is 109 cm³/mol. The number of hydrogen-bond acceptors (Lipinski definition) is 3. The van der Waals surface area contributed by atoms with Crippen molar-refractivity contribution in [3.05, 3.63) is 70.8 Å². The number of thioether (sulfide) groups is 1. The highest BCUT2D eigenvalue weighted by Gasteiger charge is 2.39. The normalized spacial score (nSPS) is 18.4. The summed E-state index contributed by atoms with van der Waals surface area (Å²) in [7, 11) is 0. The molecule has 0 aromatic heterocycles. The van der Waals surface area contributed by atoms with Crippen LogP contribution in [0.2, 0.25) is 0 Å². The number of rotatable bonds is 6. The molecule has 138 valence electrons. The fourth-order valence-corrected chi connectivity index (χ4v) is 4.86. The maximum absolute atomic E-state index is 13.1. The van der Waals surface area contributed by atoms with Crippen molar-refractivity contribution < 1.29 is 4.79 Å². The van der Waals surface area contributed by atoms with Crippen LogP contribution in [0.3, 0.4) is 0 Å². The van der Waals surface area contributed by atoms with E-state index in [1.54, 1.807) is 11.8 Å². The molecule has 0 spiro atoms. The zero-order chi connectivity index (χ0) is 18.6. The van der Waals surface area contributed by atoms with Crippen LogP contribution in [0.1, 0.15) is 54.0 Å². The van der Waals surface area contributed by atoms with Crippen molar-refractivity contribution in [3.63, 3.8) is 0 Å². The number of nitrogens with zero attached hydrogens (tertiary/aromatic N) is 2. The van der Waals surface area contributed by atoms with E-state index in [2.05, 4.69) is 35.2 Å². The number of benzene rings is 2. The fourth-order valence-electron chi connectivity index (χ4n) is 4.01. The lowest BCUT2D eigenvalue weighted by molar-refractivity contribution is -0.131. The molecule has 1 fully saturated rings. The van der Waals surface area contributed by atoms with Gasteiger partial charge in [0, 0.05) is 11.8 Å². The molecule has 0 aliphatic heterocycles. The number of nitriles is 1. The molecule has 0 saturated heterocycles. The molecule has 4 rings (SSSR count). The molecule has 1 atom stereocenters. The Morgan fingerprint density at radius 2 is 1.89 bits per heavy atom. The summed E-state index contributed by atoms with van der Waals surface area (Å²) in [5, 5.41) is 8.88. The summed E-state index contributed by atoms with van der Waals surface area (Å²) in [6.45, 7) is 0. The number of hydrogen-bond donors (Lipinski definition) is 0. The van der Waals surface area contributed by atoms with Crippen molar-refractivity contribution in [1.82, 2.24) is 4.90 Å². The van der Waals surface area contributed by atoms with Gasteiger partial charge in [-0.2, -0.15) is 5.26 Å². The molecule has 1 amide bonds. The van der Waals surface area contributed by atoms with Crippen LogP contribution in [0.25, 0.3) is 0 Å². The number of carbonyl (C=O) groups excluding carboxylic acids is 1. The lowest BCUT2D eigenvalue weighted by Crippen LogP contribution is -2.39. The molecule has 1 unspecified atom stereocenters. The van der Waals surface area contributed by atoms with E-state index in [4.69, 9.17) is 5.26 Å². The highest BCUT2D eigenvalue weighted by Crippen LogP contribution is 2.41. The number of aryl methyl sites for hydroxylation is 1. The average Bonchev–Trinajstić information content (AvgIpc) is 3.54. The van der Waals surface area contributed by atoms with Gasteiger partial charge in [0.05, 0.1) is 23.4 Å². The summed E-state index contributed by atoms with van der Waals surface area (Å²) >= 11 is 1.67. The molecule has 3 nitrogen and oxygen atoms in total. The second-order valence-electron chi connectivity index (χ2n) is 7.44. The van der Waals surface area contributed by atoms with Gasteiger partial charge >= 0.3 is 0 Å². The van der Waals surface area contributed by atoms with Crippen LogP contribution >= 0.6 is 11.8 Å². The molecule has 0 heterocycles. The summed E-state index contributed by atoms with van der Waals surface area (Å²) in [6.07, 6.45) is 5.66. The van der Waals surface area contributed by atoms with Crippen LogP contribution < -0.4 is 0 Å². The molecule has 2 aromatic rings. The van der Waals surface area contributed by atoms with Gasteiger partial charge in [0.1, 0.15) is 0 Å². The Labute approximate surface area is 165 Å². The van der Waals surface area contributed by atoms with Crippen LogP contribution in [0.15, 0.2) is 48.5 Å². The summed E-state index contributed by atoms with van der Waals surface area (Å²) in [5.41, 5.74) is 4.61. The summed E-state index contributed by atoms with van der Waals surface area (Å²) in [6, 6.07) is 19.1. The molecule has 2 aliphatic carbocycles. The second-order valence-corrected chi connectivity index (χ2v) is 8.43. The van der Waals surface area contributed by atoms with E-state index in [1.807, 2.05) is 24.3 Å². The zero-order valence-electron chi connectivity index (χ0n) is 15.4. The van der Waals surface area contributed by atoms with Gasteiger partial charge in [-0.3, -0.25) is 4.79 Å². The lowest BCUT2D eigenvalue weighted by Gasteiger charge is -2.36. The van der Waals surface area contributed by atoms with Crippen LogP contribution in [0.5, 0.6) is 0 Å². The highest BCUT2D eigenvalue weighted by atomic mass is 32.2. The van der Waals surface area contributed by atoms with Crippen LogP contribution in [0, 0.1) is 11.3 Å². The Balaban J connectivity index is 1.41. The maximum atomic E-state index is 13.1. The standard InChI is InChI=1S/C23H24N2OS/c24-14-17-8-10-18(11-9-17)15-27-16-23(26)25(20-12-13-20)22-7-3-5-19-4-1-2-6-21(19)22/h1-2,4,6,8-11,20,22H,3,5,7,12-13,15-16H2. The minimum Gasteiger partial charge on any atom is -0.332 e. The van der Waals surface area contributed by atoms with Crippen LogP contribution in [-0.4, -0.2) is 22.6 Å². The Morgan fingerprint density at radius 1 is 1.11 bits per heavy atom. The van der Waals surface area contributed by atoms with Gasteiger partial charge in [-0.1, -0.05) is 36.4 Å². The number of amides is 1. The highest BCUT2D eigenvalue weighted by molar-refractivity contribution is 7.99. The first-order valence-electron chi connectivity index (χ1n) is 9.72. The van der Waals surface area contributed by atoms with Crippen molar-refractivity contribution in [1.29, 1.82) is 5.26 Å². The lowest BCUT2D eigenvalue weighted by atomic mass is 9.86. The topological polar surface area (TPSA) is 44.1 Å². The fraction of sp³-hybridized carbons (Fsp3) is 0.391. The first kappa shape index (κ1) is 18.1. The van der Waals surface area contributed by atoms with E-state index in [0.29, 0.717) is 17.4 Å². The van der Waals surface area contributed by atoms with E-state index in [0.717, 1.165) is 43.4 Å². The number of fused-ring (bicyclic) bond motifs is 1. The smallest absolute Gasteiger partial charge is 0.233 e. The quantitative estimate of drug-likeness (QED) is 0.723. The van der Waals surface area contributed by atoms with Gasteiger partial charge in [-0.05, 0) is 60.9 Å². The van der Waals surface area contributed by atoms with Gasteiger partial charge in [-0.15, -0.1) is 11.8 Å². The number of carbonyl (C=O) groups is 1. The summed E-state index contributed by atoms with van der Waals surface area (Å²) in [4.78, 5) is 15.3. The molecular formula is C23H24N2OS. The van der Waals surface area contributed by atoms with E-state index in [9.17, 15) is 4.79 Å². The van der Waals surface area contributed by atoms with Crippen LogP contribution in [0.4, 0.5) is 0 Å². The van der Waals surface area contributed by atoms with Crippen molar-refractivity contribution in [2.24, 2.45) is 0 Å². The zero-order valence-corrected chi connectivity index (χ0v) is 16.3. The van der Waals surface area contributed by atoms with E-state index < -0.39 is 0 Å².